The number of rotatable bonds is 7. The molecule has 0 atom stereocenters. The molecule has 0 fully saturated rings. The topological polar surface area (TPSA) is 89.8 Å². The summed E-state index contributed by atoms with van der Waals surface area (Å²) in [5, 5.41) is 6.54. The van der Waals surface area contributed by atoms with Crippen molar-refractivity contribution in [3.05, 3.63) is 53.8 Å². The number of hydrogen-bond acceptors (Lipinski definition) is 5. The summed E-state index contributed by atoms with van der Waals surface area (Å²) in [5.41, 5.74) is 3.27. The first-order valence-corrected chi connectivity index (χ1v) is 9.98. The summed E-state index contributed by atoms with van der Waals surface area (Å²) < 4.78 is 16.4. The Morgan fingerprint density at radius 3 is 2.47 bits per heavy atom. The van der Waals surface area contributed by atoms with Gasteiger partial charge in [0, 0.05) is 35.9 Å². The fourth-order valence-corrected chi connectivity index (χ4v) is 3.68. The SMILES string of the molecule is COCC(=O)Nc1cccc(NC(=O)COc2ccc3oc4c(c3c2)CCCC4)c1. The van der Waals surface area contributed by atoms with Crippen LogP contribution >= 0.6 is 0 Å². The van der Waals surface area contributed by atoms with Crippen molar-refractivity contribution >= 4 is 34.2 Å². The molecule has 30 heavy (non-hydrogen) atoms. The van der Waals surface area contributed by atoms with E-state index in [0.29, 0.717) is 17.1 Å². The van der Waals surface area contributed by atoms with Gasteiger partial charge in [0.1, 0.15) is 23.7 Å². The van der Waals surface area contributed by atoms with Crippen molar-refractivity contribution in [3.63, 3.8) is 0 Å². The molecule has 0 aliphatic heterocycles. The normalized spacial score (nSPS) is 13.0. The van der Waals surface area contributed by atoms with Crippen LogP contribution in [-0.2, 0) is 27.2 Å². The third kappa shape index (κ3) is 4.63. The van der Waals surface area contributed by atoms with Crippen LogP contribution in [0.3, 0.4) is 0 Å². The fraction of sp³-hybridized carbons (Fsp3) is 0.304. The molecule has 7 nitrogen and oxygen atoms in total. The Kier molecular flexibility index (Phi) is 5.99. The number of carbonyl (C=O) groups excluding carboxylic acids is 2. The number of ether oxygens (including phenoxy) is 2. The van der Waals surface area contributed by atoms with Crippen molar-refractivity contribution in [1.82, 2.24) is 0 Å². The van der Waals surface area contributed by atoms with E-state index in [-0.39, 0.29) is 25.0 Å². The van der Waals surface area contributed by atoms with Gasteiger partial charge in [0.05, 0.1) is 0 Å². The molecular weight excluding hydrogens is 384 g/mol. The van der Waals surface area contributed by atoms with Gasteiger partial charge in [0.25, 0.3) is 5.91 Å². The van der Waals surface area contributed by atoms with Gasteiger partial charge in [0.2, 0.25) is 5.91 Å². The van der Waals surface area contributed by atoms with E-state index in [9.17, 15) is 9.59 Å². The lowest BCUT2D eigenvalue weighted by molar-refractivity contribution is -0.119. The van der Waals surface area contributed by atoms with Crippen LogP contribution in [0.5, 0.6) is 5.75 Å². The number of benzene rings is 2. The lowest BCUT2D eigenvalue weighted by Crippen LogP contribution is -2.20. The summed E-state index contributed by atoms with van der Waals surface area (Å²) in [6.45, 7) is -0.152. The Morgan fingerprint density at radius 1 is 0.967 bits per heavy atom. The number of amides is 2. The highest BCUT2D eigenvalue weighted by molar-refractivity contribution is 5.95. The second kappa shape index (κ2) is 9.00. The third-order valence-corrected chi connectivity index (χ3v) is 5.00. The quantitative estimate of drug-likeness (QED) is 0.619. The highest BCUT2D eigenvalue weighted by Crippen LogP contribution is 2.33. The number of carbonyl (C=O) groups is 2. The van der Waals surface area contributed by atoms with Crippen LogP contribution in [0, 0.1) is 0 Å². The van der Waals surface area contributed by atoms with Crippen LogP contribution in [-0.4, -0.2) is 32.1 Å². The summed E-state index contributed by atoms with van der Waals surface area (Å²) in [6.07, 6.45) is 4.32. The van der Waals surface area contributed by atoms with Gasteiger partial charge in [-0.1, -0.05) is 6.07 Å². The van der Waals surface area contributed by atoms with E-state index in [0.717, 1.165) is 36.0 Å². The largest absolute Gasteiger partial charge is 0.484 e. The Hall–Kier alpha value is -3.32. The van der Waals surface area contributed by atoms with Gasteiger partial charge in [-0.2, -0.15) is 0 Å². The van der Waals surface area contributed by atoms with Gasteiger partial charge in [-0.3, -0.25) is 9.59 Å². The molecule has 3 aromatic rings. The minimum atomic E-state index is -0.287. The average molecular weight is 408 g/mol. The molecule has 0 radical (unpaired) electrons. The average Bonchev–Trinajstić information content (AvgIpc) is 3.11. The molecule has 7 heteroatoms. The van der Waals surface area contributed by atoms with E-state index in [2.05, 4.69) is 10.6 Å². The lowest BCUT2D eigenvalue weighted by atomic mass is 9.96. The minimum absolute atomic E-state index is 0.0331. The van der Waals surface area contributed by atoms with Crippen LogP contribution in [0.25, 0.3) is 11.0 Å². The van der Waals surface area contributed by atoms with Crippen molar-refractivity contribution in [1.29, 1.82) is 0 Å². The predicted octanol–water partition coefficient (Wildman–Crippen LogP) is 3.91. The number of hydrogen-bond donors (Lipinski definition) is 2. The molecule has 0 unspecified atom stereocenters. The molecule has 1 heterocycles. The molecule has 1 aliphatic carbocycles. The molecule has 0 saturated heterocycles. The van der Waals surface area contributed by atoms with Crippen LogP contribution < -0.4 is 15.4 Å². The van der Waals surface area contributed by atoms with Gasteiger partial charge >= 0.3 is 0 Å². The smallest absolute Gasteiger partial charge is 0.262 e. The summed E-state index contributed by atoms with van der Waals surface area (Å²) in [7, 11) is 1.45. The molecule has 4 rings (SSSR count). The number of methoxy groups -OCH3 is 1. The van der Waals surface area contributed by atoms with Gasteiger partial charge in [-0.15, -0.1) is 0 Å². The first-order valence-electron chi connectivity index (χ1n) is 9.98. The van der Waals surface area contributed by atoms with E-state index in [1.54, 1.807) is 24.3 Å². The Bertz CT molecular complexity index is 1070. The van der Waals surface area contributed by atoms with Crippen LogP contribution in [0.2, 0.25) is 0 Å². The lowest BCUT2D eigenvalue weighted by Gasteiger charge is -2.10. The predicted molar refractivity (Wildman–Crippen MR) is 114 cm³/mol. The molecule has 156 valence electrons. The van der Waals surface area contributed by atoms with Crippen LogP contribution in [0.1, 0.15) is 24.2 Å². The zero-order chi connectivity index (χ0) is 20.9. The summed E-state index contributed by atoms with van der Waals surface area (Å²) in [4.78, 5) is 23.9. The number of furan rings is 1. The molecule has 2 N–H and O–H groups in total. The van der Waals surface area contributed by atoms with Crippen molar-refractivity contribution in [3.8, 4) is 5.75 Å². The standard InChI is InChI=1S/C23H24N2O5/c1-28-13-22(26)24-15-5-4-6-16(11-15)25-23(27)14-29-17-9-10-21-19(12-17)18-7-2-3-8-20(18)30-21/h4-6,9-12H,2-3,7-8,13-14H2,1H3,(H,24,26)(H,25,27). The number of nitrogens with one attached hydrogen (secondary N) is 2. The zero-order valence-electron chi connectivity index (χ0n) is 16.8. The second-order valence-corrected chi connectivity index (χ2v) is 7.27. The van der Waals surface area contributed by atoms with E-state index >= 15 is 0 Å². The number of anilines is 2. The Morgan fingerprint density at radius 2 is 1.70 bits per heavy atom. The van der Waals surface area contributed by atoms with Gasteiger partial charge < -0.3 is 24.5 Å². The van der Waals surface area contributed by atoms with Crippen LogP contribution in [0.4, 0.5) is 11.4 Å². The molecule has 1 aliphatic rings. The van der Waals surface area contributed by atoms with E-state index in [1.807, 2.05) is 18.2 Å². The first-order chi connectivity index (χ1) is 14.6. The summed E-state index contributed by atoms with van der Waals surface area (Å²) >= 11 is 0. The number of aryl methyl sites for hydroxylation is 2. The maximum absolute atomic E-state index is 12.3. The molecule has 0 bridgehead atoms. The summed E-state index contributed by atoms with van der Waals surface area (Å²) in [5.74, 6) is 1.15. The molecule has 2 amide bonds. The van der Waals surface area contributed by atoms with Crippen molar-refractivity contribution in [2.45, 2.75) is 25.7 Å². The van der Waals surface area contributed by atoms with Crippen molar-refractivity contribution in [2.24, 2.45) is 0 Å². The Balaban J connectivity index is 1.36. The first kappa shape index (κ1) is 20.0. The minimum Gasteiger partial charge on any atom is -0.484 e. The molecular formula is C23H24N2O5. The maximum atomic E-state index is 12.3. The van der Waals surface area contributed by atoms with Crippen molar-refractivity contribution < 1.29 is 23.5 Å². The monoisotopic (exact) mass is 408 g/mol. The maximum Gasteiger partial charge on any atom is 0.262 e. The van der Waals surface area contributed by atoms with Gasteiger partial charge in [0.15, 0.2) is 6.61 Å². The molecule has 0 spiro atoms. The van der Waals surface area contributed by atoms with E-state index in [1.165, 1.54) is 19.1 Å². The van der Waals surface area contributed by atoms with Crippen LogP contribution in [0.15, 0.2) is 46.9 Å². The van der Waals surface area contributed by atoms with E-state index in [4.69, 9.17) is 13.9 Å². The highest BCUT2D eigenvalue weighted by Gasteiger charge is 2.18. The number of fused-ring (bicyclic) bond motifs is 3. The van der Waals surface area contributed by atoms with Crippen molar-refractivity contribution in [2.75, 3.05) is 31.0 Å². The van der Waals surface area contributed by atoms with E-state index < -0.39 is 0 Å². The molecule has 1 aromatic heterocycles. The zero-order valence-corrected chi connectivity index (χ0v) is 16.8. The van der Waals surface area contributed by atoms with Gasteiger partial charge in [-0.25, -0.2) is 0 Å². The molecule has 2 aromatic carbocycles. The second-order valence-electron chi connectivity index (χ2n) is 7.27. The molecule has 0 saturated carbocycles. The fourth-order valence-electron chi connectivity index (χ4n) is 3.68. The van der Waals surface area contributed by atoms with Gasteiger partial charge in [-0.05, 0) is 55.7 Å². The Labute approximate surface area is 174 Å². The third-order valence-electron chi connectivity index (χ3n) is 5.00. The summed E-state index contributed by atoms with van der Waals surface area (Å²) in [6, 6.07) is 12.6. The highest BCUT2D eigenvalue weighted by atomic mass is 16.5.